The Labute approximate surface area is 123 Å². The van der Waals surface area contributed by atoms with Gasteiger partial charge >= 0.3 is 5.97 Å². The molecule has 108 valence electrons. The fraction of sp³-hybridized carbons (Fsp3) is 0.467. The summed E-state index contributed by atoms with van der Waals surface area (Å²) in [5.41, 5.74) is 0.943. The number of rotatable bonds is 4. The fourth-order valence-electron chi connectivity index (χ4n) is 2.63. The molecule has 0 aliphatic heterocycles. The van der Waals surface area contributed by atoms with Crippen molar-refractivity contribution in [3.63, 3.8) is 0 Å². The van der Waals surface area contributed by atoms with Gasteiger partial charge in [0.25, 0.3) is 0 Å². The molecule has 2 N–H and O–H groups in total. The first-order valence-electron chi connectivity index (χ1n) is 6.76. The number of hydrogen-bond donors (Lipinski definition) is 2. The summed E-state index contributed by atoms with van der Waals surface area (Å²) in [5.74, 6) is -1.45. The van der Waals surface area contributed by atoms with Crippen LogP contribution in [0.1, 0.15) is 37.8 Å². The number of aliphatic carboxylic acids is 1. The van der Waals surface area contributed by atoms with Gasteiger partial charge in [0.1, 0.15) is 0 Å². The molecule has 0 radical (unpaired) electrons. The van der Waals surface area contributed by atoms with E-state index in [9.17, 15) is 9.59 Å². The van der Waals surface area contributed by atoms with Gasteiger partial charge in [-0.05, 0) is 43.9 Å². The van der Waals surface area contributed by atoms with Gasteiger partial charge in [0, 0.05) is 10.9 Å². The zero-order valence-corrected chi connectivity index (χ0v) is 12.1. The van der Waals surface area contributed by atoms with E-state index in [1.807, 2.05) is 25.1 Å². The molecule has 20 heavy (non-hydrogen) atoms. The topological polar surface area (TPSA) is 66.4 Å². The lowest BCUT2D eigenvalue weighted by atomic mass is 10.0. The van der Waals surface area contributed by atoms with Gasteiger partial charge in [-0.15, -0.1) is 0 Å². The minimum absolute atomic E-state index is 0.0683. The molecular weight excluding hydrogens is 278 g/mol. The zero-order chi connectivity index (χ0) is 14.7. The molecule has 2 unspecified atom stereocenters. The molecule has 5 heteroatoms. The first kappa shape index (κ1) is 14.9. The van der Waals surface area contributed by atoms with Gasteiger partial charge in [0.05, 0.1) is 12.0 Å². The predicted octanol–water partition coefficient (Wildman–Crippen LogP) is 3.02. The Kier molecular flexibility index (Phi) is 4.65. The Balaban J connectivity index is 1.93. The molecule has 0 aromatic heterocycles. The maximum absolute atomic E-state index is 12.1. The molecule has 1 aliphatic rings. The van der Waals surface area contributed by atoms with E-state index in [0.717, 1.165) is 5.56 Å². The van der Waals surface area contributed by atoms with Gasteiger partial charge in [-0.1, -0.05) is 23.7 Å². The smallest absolute Gasteiger partial charge is 0.306 e. The Morgan fingerprint density at radius 2 is 2.05 bits per heavy atom. The molecule has 1 aromatic carbocycles. The summed E-state index contributed by atoms with van der Waals surface area (Å²) < 4.78 is 0. The monoisotopic (exact) mass is 295 g/mol. The van der Waals surface area contributed by atoms with E-state index in [1.54, 1.807) is 6.07 Å². The van der Waals surface area contributed by atoms with Crippen molar-refractivity contribution in [1.29, 1.82) is 0 Å². The molecule has 4 nitrogen and oxygen atoms in total. The largest absolute Gasteiger partial charge is 0.481 e. The molecule has 1 amide bonds. The predicted molar refractivity (Wildman–Crippen MR) is 76.5 cm³/mol. The van der Waals surface area contributed by atoms with Crippen molar-refractivity contribution >= 4 is 23.5 Å². The van der Waals surface area contributed by atoms with Crippen LogP contribution in [0.4, 0.5) is 0 Å². The van der Waals surface area contributed by atoms with Crippen molar-refractivity contribution in [3.05, 3.63) is 34.9 Å². The molecule has 1 saturated carbocycles. The van der Waals surface area contributed by atoms with Crippen molar-refractivity contribution in [2.24, 2.45) is 11.8 Å². The second-order valence-corrected chi connectivity index (χ2v) is 5.77. The number of hydrogen-bond acceptors (Lipinski definition) is 2. The standard InChI is InChI=1S/C15H18ClNO3/c1-9(10-3-2-4-13(16)8-10)17-14(18)11-5-6-12(7-11)15(19)20/h2-4,8-9,11-12H,5-7H2,1H3,(H,17,18)(H,19,20)/t9-,11?,12?/m1/s1. The Hall–Kier alpha value is -1.55. The Morgan fingerprint density at radius 3 is 2.65 bits per heavy atom. The van der Waals surface area contributed by atoms with Crippen molar-refractivity contribution in [2.75, 3.05) is 0 Å². The van der Waals surface area contributed by atoms with E-state index in [2.05, 4.69) is 5.32 Å². The summed E-state index contributed by atoms with van der Waals surface area (Å²) >= 11 is 5.93. The van der Waals surface area contributed by atoms with E-state index >= 15 is 0 Å². The van der Waals surface area contributed by atoms with Crippen LogP contribution in [0.5, 0.6) is 0 Å². The third-order valence-electron chi connectivity index (χ3n) is 3.86. The summed E-state index contributed by atoms with van der Waals surface area (Å²) in [4.78, 5) is 23.0. The second-order valence-electron chi connectivity index (χ2n) is 5.33. The summed E-state index contributed by atoms with van der Waals surface area (Å²) in [6, 6.07) is 7.22. The maximum Gasteiger partial charge on any atom is 0.306 e. The van der Waals surface area contributed by atoms with Crippen molar-refractivity contribution in [3.8, 4) is 0 Å². The van der Waals surface area contributed by atoms with Gasteiger partial charge in [0.15, 0.2) is 0 Å². The SMILES string of the molecule is C[C@@H](NC(=O)C1CCC(C(=O)O)C1)c1cccc(Cl)c1. The van der Waals surface area contributed by atoms with Crippen LogP contribution in [-0.4, -0.2) is 17.0 Å². The first-order valence-corrected chi connectivity index (χ1v) is 7.14. The number of benzene rings is 1. The number of carboxylic acid groups (broad SMARTS) is 1. The lowest BCUT2D eigenvalue weighted by molar-refractivity contribution is -0.141. The molecule has 0 saturated heterocycles. The molecule has 1 fully saturated rings. The highest BCUT2D eigenvalue weighted by Gasteiger charge is 2.34. The lowest BCUT2D eigenvalue weighted by Gasteiger charge is -2.17. The molecule has 2 rings (SSSR count). The highest BCUT2D eigenvalue weighted by molar-refractivity contribution is 6.30. The highest BCUT2D eigenvalue weighted by atomic mass is 35.5. The average Bonchev–Trinajstić information content (AvgIpc) is 2.88. The average molecular weight is 296 g/mol. The van der Waals surface area contributed by atoms with E-state index in [-0.39, 0.29) is 23.8 Å². The zero-order valence-electron chi connectivity index (χ0n) is 11.3. The van der Waals surface area contributed by atoms with Crippen LogP contribution in [0, 0.1) is 11.8 Å². The van der Waals surface area contributed by atoms with Gasteiger partial charge in [0.2, 0.25) is 5.91 Å². The fourth-order valence-corrected chi connectivity index (χ4v) is 2.83. The molecular formula is C15H18ClNO3. The summed E-state index contributed by atoms with van der Waals surface area (Å²) in [5, 5.41) is 12.5. The normalized spacial score (nSPS) is 23.3. The van der Waals surface area contributed by atoms with Crippen LogP contribution in [0.3, 0.4) is 0 Å². The van der Waals surface area contributed by atoms with Crippen LogP contribution in [0.15, 0.2) is 24.3 Å². The minimum Gasteiger partial charge on any atom is -0.481 e. The van der Waals surface area contributed by atoms with Crippen LogP contribution in [0.25, 0.3) is 0 Å². The highest BCUT2D eigenvalue weighted by Crippen LogP contribution is 2.31. The molecule has 0 bridgehead atoms. The van der Waals surface area contributed by atoms with E-state index in [0.29, 0.717) is 24.3 Å². The number of carboxylic acids is 1. The summed E-state index contributed by atoms with van der Waals surface area (Å²) in [7, 11) is 0. The molecule has 1 aromatic rings. The minimum atomic E-state index is -0.803. The molecule has 0 heterocycles. The summed E-state index contributed by atoms with van der Waals surface area (Å²) in [6.07, 6.45) is 1.66. The van der Waals surface area contributed by atoms with Gasteiger partial charge in [-0.2, -0.15) is 0 Å². The van der Waals surface area contributed by atoms with Crippen LogP contribution < -0.4 is 5.32 Å². The number of carbonyl (C=O) groups excluding carboxylic acids is 1. The number of carbonyl (C=O) groups is 2. The van der Waals surface area contributed by atoms with E-state index in [4.69, 9.17) is 16.7 Å². The molecule has 1 aliphatic carbocycles. The van der Waals surface area contributed by atoms with Crippen molar-refractivity contribution in [1.82, 2.24) is 5.32 Å². The molecule has 3 atom stereocenters. The van der Waals surface area contributed by atoms with Crippen molar-refractivity contribution in [2.45, 2.75) is 32.2 Å². The number of nitrogens with one attached hydrogen (secondary N) is 1. The van der Waals surface area contributed by atoms with E-state index < -0.39 is 5.97 Å². The maximum atomic E-state index is 12.1. The summed E-state index contributed by atoms with van der Waals surface area (Å²) in [6.45, 7) is 1.90. The van der Waals surface area contributed by atoms with Gasteiger partial charge in [-0.3, -0.25) is 9.59 Å². The number of amides is 1. The van der Waals surface area contributed by atoms with Gasteiger partial charge < -0.3 is 10.4 Å². The quantitative estimate of drug-likeness (QED) is 0.897. The third kappa shape index (κ3) is 3.51. The Morgan fingerprint density at radius 1 is 1.35 bits per heavy atom. The number of halogens is 1. The van der Waals surface area contributed by atoms with Crippen LogP contribution in [0.2, 0.25) is 5.02 Å². The Bertz CT molecular complexity index is 518. The first-order chi connectivity index (χ1) is 9.47. The van der Waals surface area contributed by atoms with E-state index in [1.165, 1.54) is 0 Å². The second kappa shape index (κ2) is 6.27. The molecule has 0 spiro atoms. The third-order valence-corrected chi connectivity index (χ3v) is 4.10. The van der Waals surface area contributed by atoms with Crippen LogP contribution in [-0.2, 0) is 9.59 Å². The van der Waals surface area contributed by atoms with Crippen LogP contribution >= 0.6 is 11.6 Å². The van der Waals surface area contributed by atoms with Crippen molar-refractivity contribution < 1.29 is 14.7 Å². The lowest BCUT2D eigenvalue weighted by Crippen LogP contribution is -2.32. The van der Waals surface area contributed by atoms with Gasteiger partial charge in [-0.25, -0.2) is 0 Å².